The maximum atomic E-state index is 13.3. The van der Waals surface area contributed by atoms with Gasteiger partial charge in [0.2, 0.25) is 0 Å². The van der Waals surface area contributed by atoms with Crippen molar-refractivity contribution < 1.29 is 17.9 Å². The summed E-state index contributed by atoms with van der Waals surface area (Å²) in [5, 5.41) is 0.536. The van der Waals surface area contributed by atoms with E-state index in [1.54, 1.807) is 31.2 Å². The molecule has 0 aliphatic carbocycles. The Morgan fingerprint density at radius 1 is 1.24 bits per heavy atom. The first-order valence-corrected chi connectivity index (χ1v) is 6.67. The summed E-state index contributed by atoms with van der Waals surface area (Å²) in [6, 6.07) is 6.72. The van der Waals surface area contributed by atoms with Crippen LogP contribution >= 0.6 is 11.6 Å². The van der Waals surface area contributed by atoms with E-state index in [0.717, 1.165) is 4.57 Å². The van der Waals surface area contributed by atoms with Crippen molar-refractivity contribution in [2.75, 3.05) is 7.11 Å². The lowest BCUT2D eigenvalue weighted by Gasteiger charge is -2.15. The Balaban J connectivity index is 2.73. The fraction of sp³-hybridized carbons (Fsp3) is 0.286. The maximum Gasteiger partial charge on any atom is 0.430 e. The minimum Gasteiger partial charge on any atom is -0.364 e. The van der Waals surface area contributed by atoms with Crippen molar-refractivity contribution >= 4 is 24.9 Å². The van der Waals surface area contributed by atoms with Crippen LogP contribution in [0.15, 0.2) is 24.3 Å². The summed E-state index contributed by atoms with van der Waals surface area (Å²) in [6.07, 6.45) is -4.43. The number of halogens is 4. The van der Waals surface area contributed by atoms with Crippen LogP contribution in [0.2, 0.25) is 5.02 Å². The van der Waals surface area contributed by atoms with E-state index in [1.165, 1.54) is 15.0 Å². The number of alkyl halides is 3. The average molecular weight is 316 g/mol. The van der Waals surface area contributed by atoms with Crippen LogP contribution < -0.4 is 5.46 Å². The van der Waals surface area contributed by atoms with Gasteiger partial charge in [-0.25, -0.2) is 0 Å². The third kappa shape index (κ3) is 2.96. The van der Waals surface area contributed by atoms with E-state index in [0.29, 0.717) is 21.8 Å². The van der Waals surface area contributed by atoms with E-state index in [1.807, 2.05) is 0 Å². The highest BCUT2D eigenvalue weighted by Gasteiger charge is 2.38. The van der Waals surface area contributed by atoms with Crippen LogP contribution in [0.25, 0.3) is 11.3 Å². The highest BCUT2D eigenvalue weighted by molar-refractivity contribution is 6.35. The monoisotopic (exact) mass is 315 g/mol. The molecule has 1 heterocycles. The number of methoxy groups -OCH3 is 1. The Labute approximate surface area is 126 Å². The van der Waals surface area contributed by atoms with Crippen LogP contribution in [0.3, 0.4) is 0 Å². The van der Waals surface area contributed by atoms with Gasteiger partial charge in [-0.3, -0.25) is 0 Å². The van der Waals surface area contributed by atoms with Gasteiger partial charge < -0.3 is 9.30 Å². The zero-order valence-electron chi connectivity index (χ0n) is 11.9. The molecule has 21 heavy (non-hydrogen) atoms. The van der Waals surface area contributed by atoms with Gasteiger partial charge in [-0.15, -0.1) is 0 Å². The summed E-state index contributed by atoms with van der Waals surface area (Å²) >= 11 is 5.84. The van der Waals surface area contributed by atoms with E-state index in [2.05, 4.69) is 0 Å². The van der Waals surface area contributed by atoms with Gasteiger partial charge in [-0.1, -0.05) is 29.2 Å². The summed E-state index contributed by atoms with van der Waals surface area (Å²) in [6.45, 7) is 1.52. The summed E-state index contributed by atoms with van der Waals surface area (Å²) in [4.78, 5) is 0. The van der Waals surface area contributed by atoms with E-state index in [9.17, 15) is 13.2 Å². The molecule has 0 aliphatic rings. The van der Waals surface area contributed by atoms with Crippen molar-refractivity contribution in [3.05, 3.63) is 40.5 Å². The highest BCUT2D eigenvalue weighted by atomic mass is 35.5. The second-order valence-electron chi connectivity index (χ2n) is 4.80. The number of ether oxygens (including phenoxy) is 1. The standard InChI is InChI=1S/C14H14BClF3NO/c1-8-11(15)13(14(17,18)19)20(7-21-2)12(8)9-3-5-10(16)6-4-9/h3-6H,7,15H2,1-2H3. The molecule has 2 rings (SSSR count). The minimum absolute atomic E-state index is 0.165. The van der Waals surface area contributed by atoms with Gasteiger partial charge in [-0.2, -0.15) is 13.2 Å². The van der Waals surface area contributed by atoms with Crippen molar-refractivity contribution in [3.63, 3.8) is 0 Å². The zero-order valence-corrected chi connectivity index (χ0v) is 12.6. The molecule has 0 atom stereocenters. The van der Waals surface area contributed by atoms with Gasteiger partial charge in [0.15, 0.2) is 0 Å². The van der Waals surface area contributed by atoms with Crippen molar-refractivity contribution in [1.29, 1.82) is 0 Å². The van der Waals surface area contributed by atoms with Gasteiger partial charge in [0.25, 0.3) is 0 Å². The topological polar surface area (TPSA) is 14.2 Å². The Bertz CT molecular complexity index is 650. The Kier molecular flexibility index (Phi) is 4.39. The van der Waals surface area contributed by atoms with Crippen LogP contribution in [0.5, 0.6) is 0 Å². The van der Waals surface area contributed by atoms with Crippen LogP contribution in [-0.4, -0.2) is 19.5 Å². The first-order valence-electron chi connectivity index (χ1n) is 6.29. The van der Waals surface area contributed by atoms with Gasteiger partial charge in [-0.05, 0) is 30.2 Å². The van der Waals surface area contributed by atoms with Gasteiger partial charge in [0.1, 0.15) is 20.3 Å². The summed E-state index contributed by atoms with van der Waals surface area (Å²) in [5.41, 5.74) is 1.30. The second kappa shape index (κ2) is 5.77. The molecule has 0 unspecified atom stereocenters. The molecule has 0 saturated carbocycles. The Morgan fingerprint density at radius 3 is 2.29 bits per heavy atom. The van der Waals surface area contributed by atoms with Crippen molar-refractivity contribution in [2.45, 2.75) is 19.8 Å². The normalized spacial score (nSPS) is 11.9. The molecule has 0 N–H and O–H groups in total. The van der Waals surface area contributed by atoms with Crippen LogP contribution in [-0.2, 0) is 17.6 Å². The van der Waals surface area contributed by atoms with Crippen LogP contribution in [0.1, 0.15) is 11.3 Å². The molecule has 0 radical (unpaired) electrons. The first-order chi connectivity index (χ1) is 9.77. The molecule has 0 amide bonds. The number of hydrogen-bond donors (Lipinski definition) is 0. The Hall–Kier alpha value is -1.40. The number of rotatable bonds is 3. The fourth-order valence-corrected chi connectivity index (χ4v) is 2.60. The SMILES string of the molecule is Bc1c(C)c(-c2ccc(Cl)cc2)n(COC)c1C(F)(F)F. The molecule has 0 bridgehead atoms. The molecular formula is C14H14BClF3NO. The number of aromatic nitrogens is 1. The summed E-state index contributed by atoms with van der Waals surface area (Å²) in [5.74, 6) is 0. The smallest absolute Gasteiger partial charge is 0.364 e. The molecule has 0 spiro atoms. The largest absolute Gasteiger partial charge is 0.430 e. The Morgan fingerprint density at radius 2 is 1.81 bits per heavy atom. The van der Waals surface area contributed by atoms with E-state index >= 15 is 0 Å². The molecule has 2 aromatic rings. The average Bonchev–Trinajstić information content (AvgIpc) is 2.63. The third-order valence-electron chi connectivity index (χ3n) is 3.46. The van der Waals surface area contributed by atoms with Crippen LogP contribution in [0, 0.1) is 6.92 Å². The van der Waals surface area contributed by atoms with Crippen molar-refractivity contribution in [2.24, 2.45) is 0 Å². The molecule has 7 heteroatoms. The highest BCUT2D eigenvalue weighted by Crippen LogP contribution is 2.35. The first kappa shape index (κ1) is 16.0. The van der Waals surface area contributed by atoms with Crippen LogP contribution in [0.4, 0.5) is 13.2 Å². The molecule has 0 fully saturated rings. The number of hydrogen-bond acceptors (Lipinski definition) is 1. The van der Waals surface area contributed by atoms with E-state index in [4.69, 9.17) is 16.3 Å². The fourth-order valence-electron chi connectivity index (χ4n) is 2.48. The van der Waals surface area contributed by atoms with Gasteiger partial charge in [0, 0.05) is 12.1 Å². The third-order valence-corrected chi connectivity index (χ3v) is 3.71. The minimum atomic E-state index is -4.43. The lowest BCUT2D eigenvalue weighted by atomic mass is 9.90. The summed E-state index contributed by atoms with van der Waals surface area (Å²) in [7, 11) is 2.85. The number of benzene rings is 1. The lowest BCUT2D eigenvalue weighted by Crippen LogP contribution is -2.23. The lowest BCUT2D eigenvalue weighted by molar-refractivity contribution is -0.144. The predicted octanol–water partition coefficient (Wildman–Crippen LogP) is 3.00. The van der Waals surface area contributed by atoms with Gasteiger partial charge in [0.05, 0.1) is 5.69 Å². The molecule has 1 aromatic heterocycles. The maximum absolute atomic E-state index is 13.3. The molecule has 112 valence electrons. The quantitative estimate of drug-likeness (QED) is 0.794. The molecule has 2 nitrogen and oxygen atoms in total. The van der Waals surface area contributed by atoms with E-state index in [-0.39, 0.29) is 12.2 Å². The van der Waals surface area contributed by atoms with Gasteiger partial charge >= 0.3 is 6.18 Å². The number of nitrogens with zero attached hydrogens (tertiary/aromatic N) is 1. The van der Waals surface area contributed by atoms with Crippen molar-refractivity contribution in [1.82, 2.24) is 4.57 Å². The zero-order chi connectivity index (χ0) is 15.8. The second-order valence-corrected chi connectivity index (χ2v) is 5.23. The molecule has 0 saturated heterocycles. The molecule has 1 aromatic carbocycles. The van der Waals surface area contributed by atoms with E-state index < -0.39 is 11.9 Å². The molecule has 0 aliphatic heterocycles. The predicted molar refractivity (Wildman–Crippen MR) is 79.8 cm³/mol. The molecular weight excluding hydrogens is 301 g/mol. The summed E-state index contributed by atoms with van der Waals surface area (Å²) < 4.78 is 46.0. The van der Waals surface area contributed by atoms with Crippen molar-refractivity contribution in [3.8, 4) is 11.3 Å².